The molecule has 2 aromatic rings. The summed E-state index contributed by atoms with van der Waals surface area (Å²) in [5.41, 5.74) is -0.0484. The second-order valence-electron chi connectivity index (χ2n) is 6.55. The fraction of sp³-hybridized carbons (Fsp3) is 0.471. The molecule has 1 fully saturated rings. The van der Waals surface area contributed by atoms with Crippen LogP contribution >= 0.6 is 0 Å². The maximum Gasteiger partial charge on any atom is 0.295 e. The molecule has 26 heavy (non-hydrogen) atoms. The van der Waals surface area contributed by atoms with Crippen molar-refractivity contribution in [3.63, 3.8) is 0 Å². The number of aromatic nitrogens is 2. The first-order valence-corrected chi connectivity index (χ1v) is 10.1. The highest BCUT2D eigenvalue weighted by Gasteiger charge is 2.28. The van der Waals surface area contributed by atoms with Crippen molar-refractivity contribution >= 4 is 9.84 Å². The largest absolute Gasteiger partial charge is 0.340 e. The Morgan fingerprint density at radius 3 is 2.35 bits per heavy atom. The zero-order valence-corrected chi connectivity index (χ0v) is 14.8. The molecule has 0 bridgehead atoms. The Morgan fingerprint density at radius 1 is 1.12 bits per heavy atom. The molecule has 1 heterocycles. The van der Waals surface area contributed by atoms with Gasteiger partial charge in [0.15, 0.2) is 15.7 Å². The van der Waals surface area contributed by atoms with Gasteiger partial charge in [-0.1, -0.05) is 19.3 Å². The van der Waals surface area contributed by atoms with Gasteiger partial charge in [0.1, 0.15) is 16.5 Å². The molecular formula is C17H18F4N2O2S. The molecule has 4 nitrogen and oxygen atoms in total. The summed E-state index contributed by atoms with van der Waals surface area (Å²) in [6, 6.07) is 1.28. The van der Waals surface area contributed by atoms with Crippen LogP contribution < -0.4 is 0 Å². The number of halogens is 4. The number of H-pyrrole nitrogens is 1. The Kier molecular flexibility index (Phi) is 5.09. The molecule has 0 aliphatic heterocycles. The van der Waals surface area contributed by atoms with Gasteiger partial charge in [0.25, 0.3) is 6.43 Å². The van der Waals surface area contributed by atoms with Crippen LogP contribution in [0.4, 0.5) is 17.6 Å². The first-order chi connectivity index (χ1) is 12.2. The molecule has 0 amide bonds. The predicted octanol–water partition coefficient (Wildman–Crippen LogP) is 4.74. The van der Waals surface area contributed by atoms with E-state index in [0.29, 0.717) is 17.8 Å². The van der Waals surface area contributed by atoms with E-state index in [2.05, 4.69) is 9.97 Å². The quantitative estimate of drug-likeness (QED) is 0.767. The zero-order valence-electron chi connectivity index (χ0n) is 14.0. The Balaban J connectivity index is 2.15. The molecule has 1 aliphatic carbocycles. The number of sulfone groups is 1. The third-order valence-corrected chi connectivity index (χ3v) is 5.76. The number of nitrogens with zero attached hydrogens (tertiary/aromatic N) is 1. The summed E-state index contributed by atoms with van der Waals surface area (Å²) in [6.07, 6.45) is 2.23. The fourth-order valence-corrected chi connectivity index (χ4v) is 4.13. The van der Waals surface area contributed by atoms with Crippen LogP contribution in [-0.4, -0.2) is 24.6 Å². The number of hydrogen-bond donors (Lipinski definition) is 1. The minimum absolute atomic E-state index is 0.0800. The van der Waals surface area contributed by atoms with Crippen molar-refractivity contribution in [2.24, 2.45) is 0 Å². The molecule has 1 aromatic carbocycles. The van der Waals surface area contributed by atoms with E-state index >= 15 is 0 Å². The van der Waals surface area contributed by atoms with Gasteiger partial charge < -0.3 is 4.98 Å². The van der Waals surface area contributed by atoms with Crippen molar-refractivity contribution in [2.75, 3.05) is 6.26 Å². The van der Waals surface area contributed by atoms with Gasteiger partial charge in [-0.15, -0.1) is 0 Å². The Bertz CT molecular complexity index is 919. The van der Waals surface area contributed by atoms with Gasteiger partial charge in [-0.25, -0.2) is 31.0 Å². The van der Waals surface area contributed by atoms with Gasteiger partial charge in [0.05, 0.1) is 5.69 Å². The highest BCUT2D eigenvalue weighted by molar-refractivity contribution is 7.90. The molecule has 1 aromatic heterocycles. The van der Waals surface area contributed by atoms with E-state index in [1.54, 1.807) is 0 Å². The Hall–Kier alpha value is -1.90. The van der Waals surface area contributed by atoms with Crippen LogP contribution in [-0.2, 0) is 9.84 Å². The van der Waals surface area contributed by atoms with Crippen molar-refractivity contribution in [1.82, 2.24) is 9.97 Å². The van der Waals surface area contributed by atoms with Crippen molar-refractivity contribution < 1.29 is 26.0 Å². The maximum atomic E-state index is 14.5. The van der Waals surface area contributed by atoms with Crippen molar-refractivity contribution in [1.29, 1.82) is 0 Å². The van der Waals surface area contributed by atoms with Gasteiger partial charge in [-0.3, -0.25) is 0 Å². The van der Waals surface area contributed by atoms with E-state index < -0.39 is 38.6 Å². The molecular weight excluding hydrogens is 372 g/mol. The normalized spacial score (nSPS) is 16.4. The van der Waals surface area contributed by atoms with E-state index in [-0.39, 0.29) is 17.2 Å². The lowest BCUT2D eigenvalue weighted by molar-refractivity contribution is 0.141. The highest BCUT2D eigenvalue weighted by Crippen LogP contribution is 2.39. The number of aromatic amines is 1. The van der Waals surface area contributed by atoms with Crippen LogP contribution in [0.5, 0.6) is 0 Å². The number of rotatable bonds is 4. The summed E-state index contributed by atoms with van der Waals surface area (Å²) in [7, 11) is -3.96. The van der Waals surface area contributed by atoms with Gasteiger partial charge in [0, 0.05) is 23.4 Å². The van der Waals surface area contributed by atoms with Crippen molar-refractivity contribution in [2.45, 2.75) is 49.3 Å². The van der Waals surface area contributed by atoms with Gasteiger partial charge >= 0.3 is 0 Å². The number of hydrogen-bond acceptors (Lipinski definition) is 3. The molecule has 142 valence electrons. The fourth-order valence-electron chi connectivity index (χ4n) is 3.40. The number of benzene rings is 1. The number of nitrogens with one attached hydrogen (secondary N) is 1. The maximum absolute atomic E-state index is 14.5. The molecule has 1 N–H and O–H groups in total. The molecule has 0 atom stereocenters. The number of imidazole rings is 1. The van der Waals surface area contributed by atoms with Crippen molar-refractivity contribution in [3.8, 4) is 11.3 Å². The standard InChI is InChI=1S/C17H18F4N2O2S/c1-26(24,25)13-8-11(18)10(7-12(13)19)15-14(9-5-3-2-4-6-9)22-17(23-15)16(20)21/h7-9,16H,2-6H2,1H3,(H,22,23). The van der Waals surface area contributed by atoms with Crippen LogP contribution in [0.25, 0.3) is 11.3 Å². The Labute approximate surface area is 148 Å². The zero-order chi connectivity index (χ0) is 19.1. The van der Waals surface area contributed by atoms with Crippen LogP contribution in [0.2, 0.25) is 0 Å². The second-order valence-corrected chi connectivity index (χ2v) is 8.54. The van der Waals surface area contributed by atoms with Gasteiger partial charge in [-0.2, -0.15) is 0 Å². The second kappa shape index (κ2) is 7.02. The first kappa shape index (κ1) is 18.9. The molecule has 1 aliphatic rings. The minimum Gasteiger partial charge on any atom is -0.340 e. The monoisotopic (exact) mass is 390 g/mol. The van der Waals surface area contributed by atoms with Gasteiger partial charge in [0.2, 0.25) is 0 Å². The molecule has 0 unspecified atom stereocenters. The summed E-state index contributed by atoms with van der Waals surface area (Å²) < 4.78 is 78.0. The smallest absolute Gasteiger partial charge is 0.295 e. The molecule has 3 rings (SSSR count). The average Bonchev–Trinajstić information content (AvgIpc) is 3.02. The summed E-state index contributed by atoms with van der Waals surface area (Å²) in [5.74, 6) is -2.86. The summed E-state index contributed by atoms with van der Waals surface area (Å²) in [4.78, 5) is 5.58. The molecule has 0 saturated heterocycles. The lowest BCUT2D eigenvalue weighted by Crippen LogP contribution is -2.07. The highest BCUT2D eigenvalue weighted by atomic mass is 32.2. The van der Waals surface area contributed by atoms with Crippen LogP contribution in [0.1, 0.15) is 56.0 Å². The van der Waals surface area contributed by atoms with Gasteiger partial charge in [-0.05, 0) is 25.0 Å². The number of alkyl halides is 2. The lowest BCUT2D eigenvalue weighted by atomic mass is 9.85. The molecule has 9 heteroatoms. The summed E-state index contributed by atoms with van der Waals surface area (Å²) >= 11 is 0. The summed E-state index contributed by atoms with van der Waals surface area (Å²) in [6.45, 7) is 0. The van der Waals surface area contributed by atoms with E-state index in [4.69, 9.17) is 0 Å². The van der Waals surface area contributed by atoms with E-state index in [0.717, 1.165) is 38.4 Å². The first-order valence-electron chi connectivity index (χ1n) is 8.26. The van der Waals surface area contributed by atoms with Crippen LogP contribution in [0.3, 0.4) is 0 Å². The third kappa shape index (κ3) is 3.62. The molecule has 0 radical (unpaired) electrons. The predicted molar refractivity (Wildman–Crippen MR) is 87.8 cm³/mol. The van der Waals surface area contributed by atoms with E-state index in [1.165, 1.54) is 0 Å². The Morgan fingerprint density at radius 2 is 1.77 bits per heavy atom. The minimum atomic E-state index is -3.96. The topological polar surface area (TPSA) is 62.8 Å². The van der Waals surface area contributed by atoms with E-state index in [9.17, 15) is 26.0 Å². The van der Waals surface area contributed by atoms with Crippen LogP contribution in [0.15, 0.2) is 17.0 Å². The third-order valence-electron chi connectivity index (χ3n) is 4.65. The average molecular weight is 390 g/mol. The lowest BCUT2D eigenvalue weighted by Gasteiger charge is -2.21. The molecule has 1 saturated carbocycles. The summed E-state index contributed by atoms with van der Waals surface area (Å²) in [5, 5.41) is 0. The molecule has 0 spiro atoms. The van der Waals surface area contributed by atoms with Crippen molar-refractivity contribution in [3.05, 3.63) is 35.3 Å². The SMILES string of the molecule is CS(=O)(=O)c1cc(F)c(-c2nc(C(F)F)[nH]c2C2CCCCC2)cc1F. The van der Waals surface area contributed by atoms with E-state index in [1.807, 2.05) is 0 Å². The van der Waals surface area contributed by atoms with Crippen LogP contribution in [0, 0.1) is 11.6 Å².